The van der Waals surface area contributed by atoms with Crippen molar-refractivity contribution in [3.8, 4) is 0 Å². The summed E-state index contributed by atoms with van der Waals surface area (Å²) in [6.45, 7) is 1.13. The molecule has 2 aromatic carbocycles. The fourth-order valence-electron chi connectivity index (χ4n) is 3.87. The lowest BCUT2D eigenvalue weighted by Gasteiger charge is -2.34. The van der Waals surface area contributed by atoms with Crippen LogP contribution in [0.25, 0.3) is 17.0 Å². The van der Waals surface area contributed by atoms with Crippen molar-refractivity contribution in [2.75, 3.05) is 26.2 Å². The summed E-state index contributed by atoms with van der Waals surface area (Å²) in [4.78, 5) is 28.7. The lowest BCUT2D eigenvalue weighted by atomic mass is 10.2. The van der Waals surface area contributed by atoms with Crippen LogP contribution in [0.15, 0.2) is 68.8 Å². The van der Waals surface area contributed by atoms with E-state index >= 15 is 0 Å². The maximum absolute atomic E-state index is 12.9. The van der Waals surface area contributed by atoms with Gasteiger partial charge in [-0.05, 0) is 29.8 Å². The largest absolute Gasteiger partial charge is 0.451 e. The van der Waals surface area contributed by atoms with Gasteiger partial charge in [-0.15, -0.1) is 0 Å². The zero-order chi connectivity index (χ0) is 20.9. The van der Waals surface area contributed by atoms with Crippen molar-refractivity contribution in [1.82, 2.24) is 9.80 Å². The molecule has 1 fully saturated rings. The summed E-state index contributed by atoms with van der Waals surface area (Å²) in [5.74, 6) is -0.507. The molecule has 2 aliphatic heterocycles. The highest BCUT2D eigenvalue weighted by molar-refractivity contribution is 7.96. The van der Waals surface area contributed by atoms with Gasteiger partial charge in [-0.2, -0.15) is 0 Å². The molecule has 0 bridgehead atoms. The number of piperazine rings is 1. The fourth-order valence-corrected chi connectivity index (χ4v) is 5.44. The highest BCUT2D eigenvalue weighted by Crippen LogP contribution is 2.33. The molecular formula is C22H18N2O5S. The Morgan fingerprint density at radius 1 is 0.833 bits per heavy atom. The molecule has 8 heteroatoms. The Bertz CT molecular complexity index is 1280. The Kier molecular flexibility index (Phi) is 4.25. The Labute approximate surface area is 173 Å². The minimum atomic E-state index is -3.81. The number of furan rings is 1. The zero-order valence-corrected chi connectivity index (χ0v) is 16.8. The number of sulfone groups is 1. The van der Waals surface area contributed by atoms with Crippen molar-refractivity contribution in [3.05, 3.63) is 70.8 Å². The smallest absolute Gasteiger partial charge is 0.289 e. The first-order chi connectivity index (χ1) is 14.4. The number of carbonyl (C=O) groups is 2. The van der Waals surface area contributed by atoms with Crippen LogP contribution >= 0.6 is 0 Å². The first-order valence-electron chi connectivity index (χ1n) is 9.58. The summed E-state index contributed by atoms with van der Waals surface area (Å²) in [6.07, 6.45) is 1.43. The Balaban J connectivity index is 1.29. The molecule has 0 N–H and O–H groups in total. The van der Waals surface area contributed by atoms with Gasteiger partial charge in [0.2, 0.25) is 9.84 Å². The summed E-state index contributed by atoms with van der Waals surface area (Å²) in [7, 11) is -3.81. The van der Waals surface area contributed by atoms with Gasteiger partial charge in [0.05, 0.1) is 4.90 Å². The molecule has 0 atom stereocenters. The predicted molar refractivity (Wildman–Crippen MR) is 110 cm³/mol. The molecule has 0 spiro atoms. The van der Waals surface area contributed by atoms with Crippen LogP contribution in [0, 0.1) is 0 Å². The molecule has 7 nitrogen and oxygen atoms in total. The molecule has 0 unspecified atom stereocenters. The molecule has 2 amide bonds. The molecule has 5 rings (SSSR count). The van der Waals surface area contributed by atoms with Gasteiger partial charge in [-0.3, -0.25) is 9.59 Å². The van der Waals surface area contributed by atoms with Crippen LogP contribution in [-0.4, -0.2) is 56.2 Å². The number of hydrogen-bond donors (Lipinski definition) is 0. The van der Waals surface area contributed by atoms with Gasteiger partial charge in [0, 0.05) is 31.6 Å². The molecule has 30 heavy (non-hydrogen) atoms. The van der Waals surface area contributed by atoms with Crippen LogP contribution in [0.4, 0.5) is 0 Å². The third-order valence-corrected chi connectivity index (χ3v) is 7.31. The van der Waals surface area contributed by atoms with E-state index in [-0.39, 0.29) is 34.6 Å². The average molecular weight is 422 g/mol. The number of rotatable bonds is 2. The van der Waals surface area contributed by atoms with Crippen LogP contribution in [0.1, 0.15) is 16.1 Å². The Morgan fingerprint density at radius 3 is 2.17 bits per heavy atom. The van der Waals surface area contributed by atoms with Gasteiger partial charge in [-0.25, -0.2) is 8.42 Å². The van der Waals surface area contributed by atoms with Gasteiger partial charge in [0.15, 0.2) is 5.76 Å². The number of benzene rings is 2. The normalized spacial score (nSPS) is 17.7. The second kappa shape index (κ2) is 6.84. The van der Waals surface area contributed by atoms with Gasteiger partial charge in [0.25, 0.3) is 11.8 Å². The maximum atomic E-state index is 12.9. The second-order valence-electron chi connectivity index (χ2n) is 7.28. The van der Waals surface area contributed by atoms with E-state index in [1.807, 2.05) is 18.2 Å². The number of para-hydroxylation sites is 1. The molecular weight excluding hydrogens is 404 g/mol. The van der Waals surface area contributed by atoms with E-state index in [4.69, 9.17) is 4.42 Å². The Hall–Kier alpha value is -3.39. The van der Waals surface area contributed by atoms with Crippen molar-refractivity contribution in [3.63, 3.8) is 0 Å². The van der Waals surface area contributed by atoms with E-state index in [0.29, 0.717) is 24.2 Å². The number of amides is 2. The second-order valence-corrected chi connectivity index (χ2v) is 9.17. The van der Waals surface area contributed by atoms with Crippen molar-refractivity contribution in [2.24, 2.45) is 0 Å². The van der Waals surface area contributed by atoms with Gasteiger partial charge in [-0.1, -0.05) is 36.4 Å². The van der Waals surface area contributed by atoms with Crippen molar-refractivity contribution in [2.45, 2.75) is 4.90 Å². The molecule has 0 aliphatic carbocycles. The van der Waals surface area contributed by atoms with Gasteiger partial charge in [0.1, 0.15) is 10.5 Å². The number of fused-ring (bicyclic) bond motifs is 2. The number of hydrogen-bond acceptors (Lipinski definition) is 5. The number of carbonyl (C=O) groups excluding carboxylic acids is 2. The van der Waals surface area contributed by atoms with E-state index in [1.54, 1.807) is 35.2 Å². The number of nitrogens with zero attached hydrogens (tertiary/aromatic N) is 2. The SMILES string of the molecule is O=C(C1=Cc2ccccc2S1(=O)=O)N1CCN(C(=O)c2cc3ccccc3o2)CC1. The molecule has 0 saturated carbocycles. The molecule has 0 radical (unpaired) electrons. The van der Waals surface area contributed by atoms with E-state index in [2.05, 4.69) is 0 Å². The Morgan fingerprint density at radius 2 is 1.47 bits per heavy atom. The molecule has 1 saturated heterocycles. The monoisotopic (exact) mass is 422 g/mol. The molecule has 3 aromatic rings. The topological polar surface area (TPSA) is 87.9 Å². The van der Waals surface area contributed by atoms with E-state index in [9.17, 15) is 18.0 Å². The molecule has 1 aromatic heterocycles. The third kappa shape index (κ3) is 2.91. The van der Waals surface area contributed by atoms with Crippen LogP contribution in [0.3, 0.4) is 0 Å². The van der Waals surface area contributed by atoms with Crippen molar-refractivity contribution < 1.29 is 22.4 Å². The summed E-state index contributed by atoms with van der Waals surface area (Å²) in [5.41, 5.74) is 1.17. The first kappa shape index (κ1) is 18.6. The molecule has 2 aliphatic rings. The van der Waals surface area contributed by atoms with Crippen LogP contribution < -0.4 is 0 Å². The van der Waals surface area contributed by atoms with Gasteiger partial charge < -0.3 is 14.2 Å². The lowest BCUT2D eigenvalue weighted by Crippen LogP contribution is -2.51. The van der Waals surface area contributed by atoms with E-state index in [0.717, 1.165) is 5.39 Å². The first-order valence-corrected chi connectivity index (χ1v) is 11.1. The summed E-state index contributed by atoms with van der Waals surface area (Å²) >= 11 is 0. The average Bonchev–Trinajstić information content (AvgIpc) is 3.32. The summed E-state index contributed by atoms with van der Waals surface area (Å²) < 4.78 is 31.1. The van der Waals surface area contributed by atoms with Crippen molar-refractivity contribution >= 4 is 38.7 Å². The quantitative estimate of drug-likeness (QED) is 0.633. The van der Waals surface area contributed by atoms with Gasteiger partial charge >= 0.3 is 0 Å². The standard InChI is InChI=1S/C22H18N2O5S/c25-21(18-13-15-5-1-3-7-17(15)29-18)23-9-11-24(12-10-23)22(26)20-14-16-6-2-4-8-19(16)30(20,27)28/h1-8,13-14H,9-12H2. The summed E-state index contributed by atoms with van der Waals surface area (Å²) in [6, 6.07) is 15.7. The highest BCUT2D eigenvalue weighted by atomic mass is 32.2. The maximum Gasteiger partial charge on any atom is 0.289 e. The molecule has 3 heterocycles. The predicted octanol–water partition coefficient (Wildman–Crippen LogP) is 2.55. The van der Waals surface area contributed by atoms with E-state index < -0.39 is 15.7 Å². The van der Waals surface area contributed by atoms with Crippen LogP contribution in [-0.2, 0) is 14.6 Å². The van der Waals surface area contributed by atoms with Crippen LogP contribution in [0.2, 0.25) is 0 Å². The lowest BCUT2D eigenvalue weighted by molar-refractivity contribution is -0.127. The van der Waals surface area contributed by atoms with Crippen molar-refractivity contribution in [1.29, 1.82) is 0 Å². The molecule has 152 valence electrons. The minimum absolute atomic E-state index is 0.159. The minimum Gasteiger partial charge on any atom is -0.451 e. The highest BCUT2D eigenvalue weighted by Gasteiger charge is 2.37. The summed E-state index contributed by atoms with van der Waals surface area (Å²) in [5, 5.41) is 0.854. The fraction of sp³-hybridized carbons (Fsp3) is 0.182. The third-order valence-electron chi connectivity index (χ3n) is 5.49. The zero-order valence-electron chi connectivity index (χ0n) is 15.9. The van der Waals surface area contributed by atoms with E-state index in [1.165, 1.54) is 17.0 Å². The van der Waals surface area contributed by atoms with Crippen LogP contribution in [0.5, 0.6) is 0 Å².